The van der Waals surface area contributed by atoms with Gasteiger partial charge in [0.15, 0.2) is 6.54 Å². The van der Waals surface area contributed by atoms with Gasteiger partial charge in [-0.15, -0.1) is 0 Å². The van der Waals surface area contributed by atoms with Crippen LogP contribution in [0.3, 0.4) is 0 Å². The Morgan fingerprint density at radius 3 is 2.62 bits per heavy atom. The minimum absolute atomic E-state index is 0.260. The van der Waals surface area contributed by atoms with Gasteiger partial charge in [0.05, 0.1) is 13.1 Å². The van der Waals surface area contributed by atoms with Gasteiger partial charge < -0.3 is 10.2 Å². The van der Waals surface area contributed by atoms with Crippen molar-refractivity contribution in [3.8, 4) is 0 Å². The molecule has 0 aromatic rings. The molecule has 7 heteroatoms. The number of carbonyl (C=O) groups excluding carboxylic acids is 3. The molecule has 0 aromatic heterocycles. The van der Waals surface area contributed by atoms with E-state index >= 15 is 0 Å². The van der Waals surface area contributed by atoms with Crippen LogP contribution >= 0.6 is 0 Å². The fraction of sp³-hybridized carbons (Fsp3) is 0.824. The van der Waals surface area contributed by atoms with Crippen LogP contribution in [-0.2, 0) is 9.59 Å². The summed E-state index contributed by atoms with van der Waals surface area (Å²) in [5.41, 5.74) is 1.73. The first-order valence-corrected chi connectivity index (χ1v) is 9.19. The molecule has 2 atom stereocenters. The molecule has 1 unspecified atom stereocenters. The predicted octanol–water partition coefficient (Wildman–Crippen LogP) is -0.167. The van der Waals surface area contributed by atoms with Crippen LogP contribution in [0.1, 0.15) is 52.4 Å². The zero-order chi connectivity index (χ0) is 17.3. The first kappa shape index (κ1) is 17.2. The molecule has 3 N–H and O–H groups in total. The van der Waals surface area contributed by atoms with E-state index in [0.717, 1.165) is 37.4 Å². The Morgan fingerprint density at radius 1 is 1.25 bits per heavy atom. The maximum Gasteiger partial charge on any atom is 0.344 e. The topological polar surface area (TPSA) is 83.0 Å². The average Bonchev–Trinajstić information content (AvgIpc) is 2.75. The number of carbonyl (C=O) groups is 3. The van der Waals surface area contributed by atoms with E-state index in [4.69, 9.17) is 0 Å². The minimum atomic E-state index is -0.802. The summed E-state index contributed by atoms with van der Waals surface area (Å²) >= 11 is 0. The number of urea groups is 1. The highest BCUT2D eigenvalue weighted by molar-refractivity contribution is 6.08. The largest absolute Gasteiger partial charge is 0.344 e. The van der Waals surface area contributed by atoms with E-state index < -0.39 is 11.6 Å². The van der Waals surface area contributed by atoms with Crippen LogP contribution in [0.5, 0.6) is 0 Å². The van der Waals surface area contributed by atoms with E-state index in [1.165, 1.54) is 11.3 Å². The summed E-state index contributed by atoms with van der Waals surface area (Å²) in [6.45, 7) is 6.61. The Hall–Kier alpha value is -1.63. The van der Waals surface area contributed by atoms with Gasteiger partial charge in [-0.2, -0.15) is 5.01 Å². The fourth-order valence-electron chi connectivity index (χ4n) is 4.26. The lowest BCUT2D eigenvalue weighted by Gasteiger charge is -2.33. The Labute approximate surface area is 143 Å². The van der Waals surface area contributed by atoms with E-state index in [-0.39, 0.29) is 11.8 Å². The van der Waals surface area contributed by atoms with Crippen molar-refractivity contribution >= 4 is 17.8 Å². The van der Waals surface area contributed by atoms with Crippen LogP contribution in [0.15, 0.2) is 0 Å². The molecule has 1 spiro atoms. The number of nitrogens with zero attached hydrogens (tertiary/aromatic N) is 1. The number of hydrogen-bond donors (Lipinski definition) is 3. The summed E-state index contributed by atoms with van der Waals surface area (Å²) in [4.78, 5) is 38.4. The number of hydrogen-bond acceptors (Lipinski definition) is 3. The molecular formula is C17H29N4O3+. The van der Waals surface area contributed by atoms with E-state index in [0.29, 0.717) is 31.2 Å². The second-order valence-corrected chi connectivity index (χ2v) is 8.00. The van der Waals surface area contributed by atoms with Crippen molar-refractivity contribution in [2.24, 2.45) is 11.8 Å². The third-order valence-corrected chi connectivity index (χ3v) is 5.80. The maximum absolute atomic E-state index is 12.7. The zero-order valence-electron chi connectivity index (χ0n) is 14.7. The SMILES string of the molecule is CC1CCC2(CC1)NC(=O)N(NC(=O)C[NH+]1CCC[C@H](C)C1)C2=O. The number of quaternary nitrogens is 1. The van der Waals surface area contributed by atoms with Crippen LogP contribution in [-0.4, -0.2) is 48.0 Å². The van der Waals surface area contributed by atoms with Gasteiger partial charge in [-0.25, -0.2) is 4.79 Å². The molecule has 3 fully saturated rings. The lowest BCUT2D eigenvalue weighted by molar-refractivity contribution is -0.900. The lowest BCUT2D eigenvalue weighted by atomic mass is 9.77. The van der Waals surface area contributed by atoms with Crippen molar-refractivity contribution in [1.82, 2.24) is 15.8 Å². The minimum Gasteiger partial charge on any atom is -0.327 e. The van der Waals surface area contributed by atoms with E-state index in [9.17, 15) is 14.4 Å². The molecule has 24 heavy (non-hydrogen) atoms. The molecule has 3 aliphatic rings. The normalized spacial score (nSPS) is 36.8. The monoisotopic (exact) mass is 337 g/mol. The second kappa shape index (κ2) is 6.70. The first-order valence-electron chi connectivity index (χ1n) is 9.19. The molecule has 134 valence electrons. The van der Waals surface area contributed by atoms with Crippen LogP contribution < -0.4 is 15.6 Å². The summed E-state index contributed by atoms with van der Waals surface area (Å²) in [5.74, 6) is 0.637. The summed E-state index contributed by atoms with van der Waals surface area (Å²) in [7, 11) is 0. The van der Waals surface area contributed by atoms with Gasteiger partial charge in [0, 0.05) is 5.92 Å². The van der Waals surface area contributed by atoms with Gasteiger partial charge in [0.2, 0.25) is 0 Å². The number of likely N-dealkylation sites (tertiary alicyclic amines) is 1. The lowest BCUT2D eigenvalue weighted by Crippen LogP contribution is -3.14. The van der Waals surface area contributed by atoms with E-state index in [1.807, 2.05) is 0 Å². The molecule has 2 aliphatic heterocycles. The van der Waals surface area contributed by atoms with Crippen molar-refractivity contribution < 1.29 is 19.3 Å². The number of rotatable bonds is 3. The van der Waals surface area contributed by atoms with Gasteiger partial charge >= 0.3 is 6.03 Å². The molecule has 0 bridgehead atoms. The maximum atomic E-state index is 12.7. The van der Waals surface area contributed by atoms with Crippen molar-refractivity contribution in [2.45, 2.75) is 57.9 Å². The smallest absolute Gasteiger partial charge is 0.327 e. The van der Waals surface area contributed by atoms with Crippen LogP contribution in [0.25, 0.3) is 0 Å². The molecule has 7 nitrogen and oxygen atoms in total. The standard InChI is InChI=1S/C17H28N4O3/c1-12-5-7-17(8-6-12)15(23)21(16(24)18-17)19-14(22)11-20-9-3-4-13(2)10-20/h12-13H,3-11H2,1-2H3,(H,18,24)(H,19,22)/p+1/t12?,13-,17?/m0/s1. The Kier molecular flexibility index (Phi) is 4.80. The van der Waals surface area contributed by atoms with Crippen molar-refractivity contribution in [2.75, 3.05) is 19.6 Å². The summed E-state index contributed by atoms with van der Waals surface area (Å²) < 4.78 is 0. The van der Waals surface area contributed by atoms with E-state index in [1.54, 1.807) is 0 Å². The van der Waals surface area contributed by atoms with Crippen molar-refractivity contribution in [1.29, 1.82) is 0 Å². The highest BCUT2D eigenvalue weighted by Gasteiger charge is 2.53. The van der Waals surface area contributed by atoms with Gasteiger partial charge in [0.1, 0.15) is 5.54 Å². The number of nitrogens with one attached hydrogen (secondary N) is 3. The Balaban J connectivity index is 1.57. The molecule has 1 saturated carbocycles. The highest BCUT2D eigenvalue weighted by Crippen LogP contribution is 2.35. The van der Waals surface area contributed by atoms with Crippen LogP contribution in [0.4, 0.5) is 4.79 Å². The summed E-state index contributed by atoms with van der Waals surface area (Å²) in [6.07, 6.45) is 5.47. The Bertz CT molecular complexity index is 528. The van der Waals surface area contributed by atoms with Crippen molar-refractivity contribution in [3.05, 3.63) is 0 Å². The molecule has 2 saturated heterocycles. The number of hydrazine groups is 1. The molecular weight excluding hydrogens is 308 g/mol. The third kappa shape index (κ3) is 3.41. The summed E-state index contributed by atoms with van der Waals surface area (Å²) in [5, 5.41) is 3.73. The van der Waals surface area contributed by atoms with Gasteiger partial charge in [0.25, 0.3) is 11.8 Å². The first-order chi connectivity index (χ1) is 11.4. The number of piperidine rings is 1. The number of imide groups is 1. The predicted molar refractivity (Wildman–Crippen MR) is 87.8 cm³/mol. The highest BCUT2D eigenvalue weighted by atomic mass is 16.2. The second-order valence-electron chi connectivity index (χ2n) is 8.00. The van der Waals surface area contributed by atoms with Crippen LogP contribution in [0.2, 0.25) is 0 Å². The molecule has 2 heterocycles. The number of amides is 4. The van der Waals surface area contributed by atoms with Crippen LogP contribution in [0, 0.1) is 11.8 Å². The third-order valence-electron chi connectivity index (χ3n) is 5.80. The average molecular weight is 337 g/mol. The molecule has 3 rings (SSSR count). The molecule has 0 radical (unpaired) electrons. The van der Waals surface area contributed by atoms with E-state index in [2.05, 4.69) is 24.6 Å². The Morgan fingerprint density at radius 2 is 1.96 bits per heavy atom. The quantitative estimate of drug-likeness (QED) is 0.626. The zero-order valence-corrected chi connectivity index (χ0v) is 14.7. The molecule has 0 aromatic carbocycles. The van der Waals surface area contributed by atoms with Gasteiger partial charge in [-0.3, -0.25) is 15.0 Å². The van der Waals surface area contributed by atoms with Gasteiger partial charge in [-0.1, -0.05) is 13.8 Å². The van der Waals surface area contributed by atoms with Gasteiger partial charge in [-0.05, 0) is 44.4 Å². The summed E-state index contributed by atoms with van der Waals surface area (Å²) in [6, 6.07) is -0.495. The van der Waals surface area contributed by atoms with Crippen molar-refractivity contribution in [3.63, 3.8) is 0 Å². The molecule has 4 amide bonds. The fourth-order valence-corrected chi connectivity index (χ4v) is 4.26. The molecule has 1 aliphatic carbocycles.